The van der Waals surface area contributed by atoms with E-state index < -0.39 is 0 Å². The van der Waals surface area contributed by atoms with Crippen LogP contribution in [0.4, 0.5) is 4.39 Å². The van der Waals surface area contributed by atoms with Crippen molar-refractivity contribution in [2.24, 2.45) is 4.99 Å². The quantitative estimate of drug-likeness (QED) is 0.367. The van der Waals surface area contributed by atoms with Crippen LogP contribution in [0.25, 0.3) is 0 Å². The van der Waals surface area contributed by atoms with Crippen molar-refractivity contribution in [3.8, 4) is 0 Å². The average Bonchev–Trinajstić information content (AvgIpc) is 3.46. The zero-order valence-electron chi connectivity index (χ0n) is 16.7. The molecule has 1 saturated carbocycles. The van der Waals surface area contributed by atoms with E-state index in [1.54, 1.807) is 13.1 Å². The zero-order valence-corrected chi connectivity index (χ0v) is 19.0. The molecule has 0 spiro atoms. The number of piperidine rings is 1. The van der Waals surface area contributed by atoms with Gasteiger partial charge < -0.3 is 20.4 Å². The van der Waals surface area contributed by atoms with Crippen molar-refractivity contribution in [1.82, 2.24) is 20.4 Å². The molecule has 1 aromatic carbocycles. The second kappa shape index (κ2) is 10.6. The Bertz CT molecular complexity index is 625. The van der Waals surface area contributed by atoms with Gasteiger partial charge in [-0.05, 0) is 57.5 Å². The van der Waals surface area contributed by atoms with Gasteiger partial charge in [-0.15, -0.1) is 24.0 Å². The summed E-state index contributed by atoms with van der Waals surface area (Å²) in [6, 6.07) is 6.67. The minimum absolute atomic E-state index is 0. The standard InChI is InChI=1S/C20H32FN5.HI/c1-22-20(24-17-8-10-26(11-9-17)18-5-6-18)23-13-15-4-7-19(21)16(12-15)14-25(2)3;/h4,7,12,17-18H,5-6,8-11,13-14H2,1-3H3,(H2,22,23,24);1H. The van der Waals surface area contributed by atoms with Crippen LogP contribution < -0.4 is 10.6 Å². The van der Waals surface area contributed by atoms with E-state index in [1.165, 1.54) is 38.8 Å². The summed E-state index contributed by atoms with van der Waals surface area (Å²) in [5.41, 5.74) is 1.79. The molecule has 1 aliphatic heterocycles. The molecule has 0 unspecified atom stereocenters. The molecule has 7 heteroatoms. The second-order valence-corrected chi connectivity index (χ2v) is 7.78. The van der Waals surface area contributed by atoms with Gasteiger partial charge >= 0.3 is 0 Å². The van der Waals surface area contributed by atoms with Crippen molar-refractivity contribution < 1.29 is 4.39 Å². The summed E-state index contributed by atoms with van der Waals surface area (Å²) in [6.45, 7) is 3.61. The number of guanidine groups is 1. The van der Waals surface area contributed by atoms with Gasteiger partial charge in [-0.1, -0.05) is 6.07 Å². The Hall–Kier alpha value is -0.930. The Balaban J connectivity index is 0.00000261. The van der Waals surface area contributed by atoms with E-state index in [4.69, 9.17) is 0 Å². The molecule has 152 valence electrons. The molecule has 3 rings (SSSR count). The van der Waals surface area contributed by atoms with Gasteiger partial charge in [0.1, 0.15) is 5.82 Å². The number of halogens is 2. The maximum Gasteiger partial charge on any atom is 0.191 e. The number of aliphatic imine (C=N–C) groups is 1. The SMILES string of the molecule is CN=C(NCc1ccc(F)c(CN(C)C)c1)NC1CCN(C2CC2)CC1.I. The fraction of sp³-hybridized carbons (Fsp3) is 0.650. The monoisotopic (exact) mass is 489 g/mol. The molecule has 0 atom stereocenters. The highest BCUT2D eigenvalue weighted by Crippen LogP contribution is 2.29. The highest BCUT2D eigenvalue weighted by atomic mass is 127. The van der Waals surface area contributed by atoms with Crippen LogP contribution in [-0.4, -0.2) is 62.1 Å². The molecule has 0 radical (unpaired) electrons. The van der Waals surface area contributed by atoms with Crippen molar-refractivity contribution in [1.29, 1.82) is 0 Å². The van der Waals surface area contributed by atoms with E-state index in [2.05, 4.69) is 20.5 Å². The first-order valence-electron chi connectivity index (χ1n) is 9.68. The van der Waals surface area contributed by atoms with Crippen LogP contribution in [0.15, 0.2) is 23.2 Å². The van der Waals surface area contributed by atoms with Crippen LogP contribution in [0.5, 0.6) is 0 Å². The van der Waals surface area contributed by atoms with Crippen molar-refractivity contribution in [2.75, 3.05) is 34.2 Å². The predicted octanol–water partition coefficient (Wildman–Crippen LogP) is 2.80. The van der Waals surface area contributed by atoms with Crippen LogP contribution in [0.2, 0.25) is 0 Å². The predicted molar refractivity (Wildman–Crippen MR) is 120 cm³/mol. The van der Waals surface area contributed by atoms with Gasteiger partial charge in [0.2, 0.25) is 0 Å². The van der Waals surface area contributed by atoms with Crippen LogP contribution in [0, 0.1) is 5.82 Å². The van der Waals surface area contributed by atoms with Crippen molar-refractivity contribution >= 4 is 29.9 Å². The molecule has 27 heavy (non-hydrogen) atoms. The lowest BCUT2D eigenvalue weighted by Gasteiger charge is -2.33. The molecule has 0 bridgehead atoms. The highest BCUT2D eigenvalue weighted by Gasteiger charge is 2.31. The summed E-state index contributed by atoms with van der Waals surface area (Å²) in [6.07, 6.45) is 5.10. The fourth-order valence-electron chi connectivity index (χ4n) is 3.62. The van der Waals surface area contributed by atoms with Gasteiger partial charge in [0.05, 0.1) is 0 Å². The van der Waals surface area contributed by atoms with Crippen molar-refractivity contribution in [3.05, 3.63) is 35.1 Å². The van der Waals surface area contributed by atoms with Crippen LogP contribution in [0.3, 0.4) is 0 Å². The third-order valence-corrected chi connectivity index (χ3v) is 5.21. The molecule has 1 aromatic rings. The lowest BCUT2D eigenvalue weighted by atomic mass is 10.1. The number of hydrogen-bond donors (Lipinski definition) is 2. The van der Waals surface area contributed by atoms with Crippen molar-refractivity contribution in [2.45, 2.75) is 50.9 Å². The summed E-state index contributed by atoms with van der Waals surface area (Å²) in [4.78, 5) is 8.95. The van der Waals surface area contributed by atoms with Crippen LogP contribution in [0.1, 0.15) is 36.8 Å². The van der Waals surface area contributed by atoms with Gasteiger partial charge in [0.25, 0.3) is 0 Å². The number of hydrogen-bond acceptors (Lipinski definition) is 3. The van der Waals surface area contributed by atoms with E-state index >= 15 is 0 Å². The first kappa shape index (κ1) is 22.4. The Morgan fingerprint density at radius 1 is 1.22 bits per heavy atom. The second-order valence-electron chi connectivity index (χ2n) is 7.78. The molecule has 2 N–H and O–H groups in total. The Kier molecular flexibility index (Phi) is 8.75. The number of likely N-dealkylation sites (tertiary alicyclic amines) is 1. The van der Waals surface area contributed by atoms with Gasteiger partial charge in [0.15, 0.2) is 5.96 Å². The van der Waals surface area contributed by atoms with E-state index in [9.17, 15) is 4.39 Å². The molecule has 0 amide bonds. The molecule has 5 nitrogen and oxygen atoms in total. The van der Waals surface area contributed by atoms with E-state index in [-0.39, 0.29) is 29.8 Å². The fourth-order valence-corrected chi connectivity index (χ4v) is 3.62. The lowest BCUT2D eigenvalue weighted by molar-refractivity contribution is 0.197. The number of nitrogens with one attached hydrogen (secondary N) is 2. The van der Waals surface area contributed by atoms with Gasteiger partial charge in [-0.3, -0.25) is 4.99 Å². The average molecular weight is 489 g/mol. The molecular weight excluding hydrogens is 456 g/mol. The highest BCUT2D eigenvalue weighted by molar-refractivity contribution is 14.0. The van der Waals surface area contributed by atoms with E-state index in [0.717, 1.165) is 23.1 Å². The third kappa shape index (κ3) is 6.87. The number of rotatable bonds is 6. The number of nitrogens with zero attached hydrogens (tertiary/aromatic N) is 3. The molecule has 1 heterocycles. The summed E-state index contributed by atoms with van der Waals surface area (Å²) in [5.74, 6) is 0.681. The molecule has 0 aromatic heterocycles. The lowest BCUT2D eigenvalue weighted by Crippen LogP contribution is -2.48. The molecular formula is C20H33FIN5. The maximum absolute atomic E-state index is 13.9. The molecule has 1 aliphatic carbocycles. The van der Waals surface area contributed by atoms with E-state index in [1.807, 2.05) is 31.1 Å². The Labute approximate surface area is 179 Å². The van der Waals surface area contributed by atoms with Crippen LogP contribution in [-0.2, 0) is 13.1 Å². The normalized spacial score (nSPS) is 19.1. The van der Waals surface area contributed by atoms with Crippen molar-refractivity contribution in [3.63, 3.8) is 0 Å². The molecule has 2 fully saturated rings. The summed E-state index contributed by atoms with van der Waals surface area (Å²) >= 11 is 0. The minimum Gasteiger partial charge on any atom is -0.354 e. The number of benzene rings is 1. The summed E-state index contributed by atoms with van der Waals surface area (Å²) in [5, 5.41) is 6.91. The minimum atomic E-state index is -0.146. The van der Waals surface area contributed by atoms with E-state index in [0.29, 0.717) is 19.1 Å². The first-order valence-corrected chi connectivity index (χ1v) is 9.68. The topological polar surface area (TPSA) is 42.9 Å². The largest absolute Gasteiger partial charge is 0.354 e. The van der Waals surface area contributed by atoms with Gasteiger partial charge in [-0.2, -0.15) is 0 Å². The summed E-state index contributed by atoms with van der Waals surface area (Å²) < 4.78 is 13.9. The first-order chi connectivity index (χ1) is 12.5. The van der Waals surface area contributed by atoms with Gasteiger partial charge in [-0.25, -0.2) is 4.39 Å². The zero-order chi connectivity index (χ0) is 18.5. The third-order valence-electron chi connectivity index (χ3n) is 5.21. The summed E-state index contributed by atoms with van der Waals surface area (Å²) in [7, 11) is 5.70. The molecule has 1 saturated heterocycles. The molecule has 2 aliphatic rings. The Morgan fingerprint density at radius 3 is 2.52 bits per heavy atom. The smallest absolute Gasteiger partial charge is 0.191 e. The van der Waals surface area contributed by atoms with Gasteiger partial charge in [0, 0.05) is 50.9 Å². The maximum atomic E-state index is 13.9. The Morgan fingerprint density at radius 2 is 1.93 bits per heavy atom. The van der Waals surface area contributed by atoms with Crippen LogP contribution >= 0.6 is 24.0 Å².